The molecule has 0 radical (unpaired) electrons. The molecule has 1 N–H and O–H groups in total. The Hall–Kier alpha value is -2.01. The Morgan fingerprint density at radius 1 is 0.958 bits per heavy atom. The molecule has 2 nitrogen and oxygen atoms in total. The summed E-state index contributed by atoms with van der Waals surface area (Å²) in [6, 6.07) is 13.5. The Bertz CT molecular complexity index is 621. The van der Waals surface area contributed by atoms with Crippen LogP contribution >= 0.6 is 0 Å². The van der Waals surface area contributed by atoms with E-state index in [0.29, 0.717) is 6.54 Å². The third-order valence-electron chi connectivity index (χ3n) is 3.96. The van der Waals surface area contributed by atoms with E-state index in [1.54, 1.807) is 7.11 Å². The number of methoxy groups -OCH3 is 1. The van der Waals surface area contributed by atoms with Gasteiger partial charge in [0.1, 0.15) is 5.75 Å². The number of halogens is 3. The van der Waals surface area contributed by atoms with Gasteiger partial charge in [0.25, 0.3) is 0 Å². The third kappa shape index (κ3) is 5.57. The fourth-order valence-electron chi connectivity index (χ4n) is 2.38. The summed E-state index contributed by atoms with van der Waals surface area (Å²) in [5.74, 6) is 0.840. The Kier molecular flexibility index (Phi) is 6.26. The van der Waals surface area contributed by atoms with Crippen molar-refractivity contribution in [1.82, 2.24) is 5.32 Å². The van der Waals surface area contributed by atoms with Crippen LogP contribution in [0.1, 0.15) is 30.0 Å². The summed E-state index contributed by atoms with van der Waals surface area (Å²) in [5.41, 5.74) is 1.47. The number of alkyl halides is 3. The molecule has 24 heavy (non-hydrogen) atoms. The average molecular weight is 337 g/mol. The van der Waals surface area contributed by atoms with E-state index < -0.39 is 11.7 Å². The van der Waals surface area contributed by atoms with Gasteiger partial charge in [-0.2, -0.15) is 13.2 Å². The number of ether oxygens (including phenoxy) is 1. The molecule has 0 spiro atoms. The predicted molar refractivity (Wildman–Crippen MR) is 89.1 cm³/mol. The van der Waals surface area contributed by atoms with Crippen molar-refractivity contribution in [3.8, 4) is 5.75 Å². The molecule has 0 aliphatic rings. The first-order valence-corrected chi connectivity index (χ1v) is 7.91. The van der Waals surface area contributed by atoms with Crippen LogP contribution in [0.25, 0.3) is 0 Å². The van der Waals surface area contributed by atoms with E-state index in [9.17, 15) is 13.2 Å². The number of rotatable bonds is 7. The zero-order chi connectivity index (χ0) is 17.6. The van der Waals surface area contributed by atoms with Crippen molar-refractivity contribution in [3.63, 3.8) is 0 Å². The van der Waals surface area contributed by atoms with Gasteiger partial charge in [0, 0.05) is 12.6 Å². The topological polar surface area (TPSA) is 21.3 Å². The van der Waals surface area contributed by atoms with E-state index >= 15 is 0 Å². The number of nitrogens with one attached hydrogen (secondary N) is 1. The van der Waals surface area contributed by atoms with Crippen molar-refractivity contribution in [2.24, 2.45) is 0 Å². The Morgan fingerprint density at radius 2 is 1.54 bits per heavy atom. The first-order valence-electron chi connectivity index (χ1n) is 7.91. The van der Waals surface area contributed by atoms with E-state index in [-0.39, 0.29) is 6.04 Å². The zero-order valence-corrected chi connectivity index (χ0v) is 13.9. The monoisotopic (exact) mass is 337 g/mol. The van der Waals surface area contributed by atoms with Gasteiger partial charge in [-0.05, 0) is 55.2 Å². The van der Waals surface area contributed by atoms with Crippen molar-refractivity contribution >= 4 is 0 Å². The Labute approximate surface area is 140 Å². The molecule has 0 saturated heterocycles. The molecular formula is C19H22F3NO. The maximum Gasteiger partial charge on any atom is 0.416 e. The standard InChI is InChI=1S/C19H22F3NO/c1-14(3-4-15-7-11-18(24-2)12-8-15)23-13-16-5-9-17(10-6-16)19(20,21)22/h5-12,14,23H,3-4,13H2,1-2H3/t14-/m1/s1. The van der Waals surface area contributed by atoms with E-state index in [4.69, 9.17) is 4.74 Å². The van der Waals surface area contributed by atoms with Crippen molar-refractivity contribution < 1.29 is 17.9 Å². The smallest absolute Gasteiger partial charge is 0.416 e. The van der Waals surface area contributed by atoms with Crippen LogP contribution in [-0.4, -0.2) is 13.2 Å². The molecule has 130 valence electrons. The maximum atomic E-state index is 12.5. The molecular weight excluding hydrogens is 315 g/mol. The highest BCUT2D eigenvalue weighted by Crippen LogP contribution is 2.29. The minimum Gasteiger partial charge on any atom is -0.497 e. The minimum atomic E-state index is -4.28. The highest BCUT2D eigenvalue weighted by molar-refractivity contribution is 5.27. The number of hydrogen-bond donors (Lipinski definition) is 1. The Morgan fingerprint density at radius 3 is 2.08 bits per heavy atom. The lowest BCUT2D eigenvalue weighted by atomic mass is 10.1. The van der Waals surface area contributed by atoms with Crippen LogP contribution in [0.5, 0.6) is 5.75 Å². The van der Waals surface area contributed by atoms with Gasteiger partial charge in [0.2, 0.25) is 0 Å². The molecule has 0 bridgehead atoms. The first kappa shape index (κ1) is 18.3. The van der Waals surface area contributed by atoms with Crippen LogP contribution in [0.3, 0.4) is 0 Å². The van der Waals surface area contributed by atoms with Crippen molar-refractivity contribution in [2.75, 3.05) is 7.11 Å². The fourth-order valence-corrected chi connectivity index (χ4v) is 2.38. The molecule has 0 aromatic heterocycles. The van der Waals surface area contributed by atoms with Gasteiger partial charge in [-0.15, -0.1) is 0 Å². The molecule has 2 aromatic rings. The summed E-state index contributed by atoms with van der Waals surface area (Å²) >= 11 is 0. The molecule has 0 fully saturated rings. The molecule has 0 unspecified atom stereocenters. The number of hydrogen-bond acceptors (Lipinski definition) is 2. The maximum absolute atomic E-state index is 12.5. The lowest BCUT2D eigenvalue weighted by Crippen LogP contribution is -2.26. The lowest BCUT2D eigenvalue weighted by Gasteiger charge is -2.14. The summed E-state index contributed by atoms with van der Waals surface area (Å²) in [4.78, 5) is 0. The molecule has 1 atom stereocenters. The van der Waals surface area contributed by atoms with Crippen molar-refractivity contribution in [3.05, 3.63) is 65.2 Å². The second-order valence-electron chi connectivity index (χ2n) is 5.86. The van der Waals surface area contributed by atoms with Gasteiger partial charge in [-0.1, -0.05) is 24.3 Å². The number of aryl methyl sites for hydroxylation is 1. The minimum absolute atomic E-state index is 0.273. The molecule has 0 aliphatic carbocycles. The molecule has 0 saturated carbocycles. The second-order valence-corrected chi connectivity index (χ2v) is 5.86. The normalized spacial score (nSPS) is 12.9. The van der Waals surface area contributed by atoms with Crippen LogP contribution in [0.4, 0.5) is 13.2 Å². The zero-order valence-electron chi connectivity index (χ0n) is 13.9. The van der Waals surface area contributed by atoms with Gasteiger partial charge < -0.3 is 10.1 Å². The molecule has 2 rings (SSSR count). The van der Waals surface area contributed by atoms with Crippen LogP contribution in [0.2, 0.25) is 0 Å². The predicted octanol–water partition coefficient (Wildman–Crippen LogP) is 4.82. The van der Waals surface area contributed by atoms with E-state index in [0.717, 1.165) is 36.3 Å². The van der Waals surface area contributed by atoms with Gasteiger partial charge in [0.05, 0.1) is 12.7 Å². The fraction of sp³-hybridized carbons (Fsp3) is 0.368. The van der Waals surface area contributed by atoms with E-state index in [1.165, 1.54) is 17.7 Å². The van der Waals surface area contributed by atoms with Crippen molar-refractivity contribution in [1.29, 1.82) is 0 Å². The van der Waals surface area contributed by atoms with Gasteiger partial charge >= 0.3 is 6.18 Å². The summed E-state index contributed by atoms with van der Waals surface area (Å²) in [6.07, 6.45) is -2.39. The molecule has 0 heterocycles. The largest absolute Gasteiger partial charge is 0.497 e. The molecule has 0 aliphatic heterocycles. The summed E-state index contributed by atoms with van der Waals surface area (Å²) < 4.78 is 42.7. The van der Waals surface area contributed by atoms with Crippen LogP contribution in [0.15, 0.2) is 48.5 Å². The SMILES string of the molecule is COc1ccc(CC[C@@H](C)NCc2ccc(C(F)(F)F)cc2)cc1. The van der Waals surface area contributed by atoms with Crippen molar-refractivity contribution in [2.45, 2.75) is 38.5 Å². The van der Waals surface area contributed by atoms with Crippen LogP contribution in [-0.2, 0) is 19.1 Å². The van der Waals surface area contributed by atoms with Crippen LogP contribution in [0, 0.1) is 0 Å². The molecule has 0 amide bonds. The quantitative estimate of drug-likeness (QED) is 0.782. The highest BCUT2D eigenvalue weighted by Gasteiger charge is 2.29. The van der Waals surface area contributed by atoms with Gasteiger partial charge in [-0.25, -0.2) is 0 Å². The lowest BCUT2D eigenvalue weighted by molar-refractivity contribution is -0.137. The number of benzene rings is 2. The van der Waals surface area contributed by atoms with Gasteiger partial charge in [0.15, 0.2) is 0 Å². The van der Waals surface area contributed by atoms with E-state index in [2.05, 4.69) is 12.2 Å². The molecule has 5 heteroatoms. The Balaban J connectivity index is 1.77. The summed E-state index contributed by atoms with van der Waals surface area (Å²) in [7, 11) is 1.64. The second kappa shape index (κ2) is 8.20. The third-order valence-corrected chi connectivity index (χ3v) is 3.96. The summed E-state index contributed by atoms with van der Waals surface area (Å²) in [6.45, 7) is 2.63. The highest BCUT2D eigenvalue weighted by atomic mass is 19.4. The van der Waals surface area contributed by atoms with E-state index in [1.807, 2.05) is 24.3 Å². The van der Waals surface area contributed by atoms with Crippen LogP contribution < -0.4 is 10.1 Å². The van der Waals surface area contributed by atoms with Gasteiger partial charge in [-0.3, -0.25) is 0 Å². The average Bonchev–Trinajstić information content (AvgIpc) is 2.58. The first-order chi connectivity index (χ1) is 11.4. The summed E-state index contributed by atoms with van der Waals surface area (Å²) in [5, 5.41) is 3.34. The molecule has 2 aromatic carbocycles.